The van der Waals surface area contributed by atoms with Crippen molar-refractivity contribution in [1.29, 1.82) is 0 Å². The number of pyridine rings is 1. The quantitative estimate of drug-likeness (QED) is 0.702. The van der Waals surface area contributed by atoms with Crippen LogP contribution in [0, 0.1) is 0 Å². The Morgan fingerprint density at radius 3 is 2.47 bits per heavy atom. The summed E-state index contributed by atoms with van der Waals surface area (Å²) in [5.41, 5.74) is 1.99. The molecule has 5 heteroatoms. The molecular weight excluding hydrogens is 190 g/mol. The van der Waals surface area contributed by atoms with Gasteiger partial charge in [0.05, 0.1) is 11.9 Å². The molecule has 0 aliphatic carbocycles. The molecule has 78 valence electrons. The third-order valence-corrected chi connectivity index (χ3v) is 2.13. The van der Waals surface area contributed by atoms with Crippen LogP contribution in [0.5, 0.6) is 0 Å². The van der Waals surface area contributed by atoms with E-state index in [1.807, 2.05) is 12.1 Å². The average molecular weight is 203 g/mol. The van der Waals surface area contributed by atoms with Gasteiger partial charge in [-0.25, -0.2) is 0 Å². The SMILES string of the molecule is CC(C)(C)c1ccc(-n2cnnn2)cn1. The molecule has 0 aromatic carbocycles. The zero-order chi connectivity index (χ0) is 10.9. The molecule has 0 spiro atoms. The fraction of sp³-hybridized carbons (Fsp3) is 0.400. The summed E-state index contributed by atoms with van der Waals surface area (Å²) in [5.74, 6) is 0. The number of rotatable bonds is 1. The maximum Gasteiger partial charge on any atom is 0.143 e. The molecule has 2 heterocycles. The molecule has 0 aliphatic rings. The molecule has 2 aromatic heterocycles. The lowest BCUT2D eigenvalue weighted by Gasteiger charge is -2.17. The zero-order valence-electron chi connectivity index (χ0n) is 9.05. The van der Waals surface area contributed by atoms with Crippen molar-refractivity contribution in [2.24, 2.45) is 0 Å². The fourth-order valence-corrected chi connectivity index (χ4v) is 1.24. The van der Waals surface area contributed by atoms with E-state index in [-0.39, 0.29) is 5.41 Å². The van der Waals surface area contributed by atoms with Crippen LogP contribution in [0.2, 0.25) is 0 Å². The van der Waals surface area contributed by atoms with Crippen LogP contribution in [0.3, 0.4) is 0 Å². The van der Waals surface area contributed by atoms with E-state index in [0.29, 0.717) is 0 Å². The highest BCUT2D eigenvalue weighted by Gasteiger charge is 2.14. The second kappa shape index (κ2) is 3.42. The summed E-state index contributed by atoms with van der Waals surface area (Å²) in [4.78, 5) is 4.39. The van der Waals surface area contributed by atoms with Crippen molar-refractivity contribution in [3.8, 4) is 5.69 Å². The molecular formula is C10H13N5. The van der Waals surface area contributed by atoms with Crippen molar-refractivity contribution >= 4 is 0 Å². The Labute approximate surface area is 88.2 Å². The third-order valence-electron chi connectivity index (χ3n) is 2.13. The van der Waals surface area contributed by atoms with E-state index in [0.717, 1.165) is 11.4 Å². The van der Waals surface area contributed by atoms with Gasteiger partial charge in [0.1, 0.15) is 6.33 Å². The predicted octanol–water partition coefficient (Wildman–Crippen LogP) is 1.35. The molecule has 0 aliphatic heterocycles. The van der Waals surface area contributed by atoms with Crippen molar-refractivity contribution in [2.45, 2.75) is 26.2 Å². The van der Waals surface area contributed by atoms with Crippen LogP contribution in [0.1, 0.15) is 26.5 Å². The number of hydrogen-bond acceptors (Lipinski definition) is 4. The van der Waals surface area contributed by atoms with Crippen LogP contribution in [0.25, 0.3) is 5.69 Å². The molecule has 0 N–H and O–H groups in total. The van der Waals surface area contributed by atoms with Gasteiger partial charge in [0, 0.05) is 11.1 Å². The minimum Gasteiger partial charge on any atom is -0.258 e. The Hall–Kier alpha value is -1.78. The van der Waals surface area contributed by atoms with Gasteiger partial charge in [0.15, 0.2) is 0 Å². The molecule has 2 rings (SSSR count). The molecule has 0 unspecified atom stereocenters. The molecule has 0 radical (unpaired) electrons. The molecule has 2 aromatic rings. The monoisotopic (exact) mass is 203 g/mol. The van der Waals surface area contributed by atoms with Gasteiger partial charge in [-0.15, -0.1) is 5.10 Å². The molecule has 15 heavy (non-hydrogen) atoms. The average Bonchev–Trinajstić information content (AvgIpc) is 2.69. The van der Waals surface area contributed by atoms with Gasteiger partial charge in [-0.3, -0.25) is 4.98 Å². The second-order valence-corrected chi connectivity index (χ2v) is 4.41. The van der Waals surface area contributed by atoms with Crippen molar-refractivity contribution < 1.29 is 0 Å². The molecule has 0 saturated carbocycles. The van der Waals surface area contributed by atoms with E-state index >= 15 is 0 Å². The van der Waals surface area contributed by atoms with Gasteiger partial charge in [0.2, 0.25) is 0 Å². The van der Waals surface area contributed by atoms with E-state index in [9.17, 15) is 0 Å². The van der Waals surface area contributed by atoms with E-state index in [4.69, 9.17) is 0 Å². The summed E-state index contributed by atoms with van der Waals surface area (Å²) in [6.07, 6.45) is 3.32. The normalized spacial score (nSPS) is 11.7. The Balaban J connectivity index is 2.33. The first-order valence-electron chi connectivity index (χ1n) is 4.77. The standard InChI is InChI=1S/C10H13N5/c1-10(2,3)9-5-4-8(6-11-9)15-7-12-13-14-15/h4-7H,1-3H3. The lowest BCUT2D eigenvalue weighted by molar-refractivity contribution is 0.568. The lowest BCUT2D eigenvalue weighted by Crippen LogP contribution is -2.13. The van der Waals surface area contributed by atoms with Gasteiger partial charge < -0.3 is 0 Å². The lowest BCUT2D eigenvalue weighted by atomic mass is 9.92. The van der Waals surface area contributed by atoms with Crippen molar-refractivity contribution in [2.75, 3.05) is 0 Å². The fourth-order valence-electron chi connectivity index (χ4n) is 1.24. The van der Waals surface area contributed by atoms with E-state index in [1.165, 1.54) is 0 Å². The highest BCUT2D eigenvalue weighted by molar-refractivity contribution is 5.29. The maximum atomic E-state index is 4.39. The summed E-state index contributed by atoms with van der Waals surface area (Å²) in [6.45, 7) is 6.39. The van der Waals surface area contributed by atoms with Gasteiger partial charge in [-0.05, 0) is 22.6 Å². The maximum absolute atomic E-state index is 4.39. The molecule has 0 bridgehead atoms. The number of aromatic nitrogens is 5. The zero-order valence-corrected chi connectivity index (χ0v) is 9.05. The molecule has 0 atom stereocenters. The predicted molar refractivity (Wildman–Crippen MR) is 55.6 cm³/mol. The van der Waals surface area contributed by atoms with E-state index in [2.05, 4.69) is 41.3 Å². The van der Waals surface area contributed by atoms with Crippen LogP contribution >= 0.6 is 0 Å². The molecule has 0 fully saturated rings. The van der Waals surface area contributed by atoms with Gasteiger partial charge in [-0.1, -0.05) is 20.8 Å². The van der Waals surface area contributed by atoms with Crippen molar-refractivity contribution in [3.05, 3.63) is 30.4 Å². The summed E-state index contributed by atoms with van der Waals surface area (Å²) in [7, 11) is 0. The summed E-state index contributed by atoms with van der Waals surface area (Å²) in [6, 6.07) is 3.96. The highest BCUT2D eigenvalue weighted by Crippen LogP contribution is 2.20. The number of nitrogens with zero attached hydrogens (tertiary/aromatic N) is 5. The molecule has 0 saturated heterocycles. The van der Waals surface area contributed by atoms with E-state index in [1.54, 1.807) is 17.2 Å². The first-order valence-corrected chi connectivity index (χ1v) is 4.77. The molecule has 0 amide bonds. The highest BCUT2D eigenvalue weighted by atomic mass is 15.5. The van der Waals surface area contributed by atoms with Gasteiger partial charge in [0.25, 0.3) is 0 Å². The third kappa shape index (κ3) is 2.01. The van der Waals surface area contributed by atoms with Crippen LogP contribution in [-0.2, 0) is 5.41 Å². The Morgan fingerprint density at radius 1 is 1.20 bits per heavy atom. The van der Waals surface area contributed by atoms with E-state index < -0.39 is 0 Å². The Kier molecular flexibility index (Phi) is 2.22. The summed E-state index contributed by atoms with van der Waals surface area (Å²) >= 11 is 0. The molecule has 5 nitrogen and oxygen atoms in total. The Morgan fingerprint density at radius 2 is 2.00 bits per heavy atom. The van der Waals surface area contributed by atoms with Gasteiger partial charge in [-0.2, -0.15) is 4.68 Å². The number of tetrazole rings is 1. The van der Waals surface area contributed by atoms with Gasteiger partial charge >= 0.3 is 0 Å². The topological polar surface area (TPSA) is 56.5 Å². The smallest absolute Gasteiger partial charge is 0.143 e. The summed E-state index contributed by atoms with van der Waals surface area (Å²) in [5, 5.41) is 10.9. The first-order chi connectivity index (χ1) is 7.07. The largest absolute Gasteiger partial charge is 0.258 e. The van der Waals surface area contributed by atoms with Crippen LogP contribution < -0.4 is 0 Å². The Bertz CT molecular complexity index is 424. The minimum absolute atomic E-state index is 0.0686. The number of hydrogen-bond donors (Lipinski definition) is 0. The summed E-state index contributed by atoms with van der Waals surface area (Å²) < 4.78 is 1.58. The van der Waals surface area contributed by atoms with Crippen molar-refractivity contribution in [3.63, 3.8) is 0 Å². The van der Waals surface area contributed by atoms with Crippen LogP contribution in [0.4, 0.5) is 0 Å². The van der Waals surface area contributed by atoms with Crippen molar-refractivity contribution in [1.82, 2.24) is 25.2 Å². The van der Waals surface area contributed by atoms with Crippen LogP contribution in [0.15, 0.2) is 24.7 Å². The first kappa shape index (κ1) is 9.76. The van der Waals surface area contributed by atoms with Crippen LogP contribution in [-0.4, -0.2) is 25.2 Å². The second-order valence-electron chi connectivity index (χ2n) is 4.41. The minimum atomic E-state index is 0.0686.